The van der Waals surface area contributed by atoms with Crippen molar-refractivity contribution in [3.05, 3.63) is 0 Å². The summed E-state index contributed by atoms with van der Waals surface area (Å²) in [5.74, 6) is 0.163. The Kier molecular flexibility index (Phi) is 5.66. The average molecular weight is 187 g/mol. The van der Waals surface area contributed by atoms with Gasteiger partial charge >= 0.3 is 0 Å². The van der Waals surface area contributed by atoms with Crippen LogP contribution < -0.4 is 5.73 Å². The van der Waals surface area contributed by atoms with Crippen LogP contribution in [0.5, 0.6) is 0 Å². The van der Waals surface area contributed by atoms with Crippen molar-refractivity contribution in [1.29, 1.82) is 0 Å². The van der Waals surface area contributed by atoms with Crippen LogP contribution >= 0.6 is 0 Å². The zero-order valence-corrected chi connectivity index (χ0v) is 9.08. The Morgan fingerprint density at radius 3 is 2.31 bits per heavy atom. The smallest absolute Gasteiger partial charge is 0.223 e. The van der Waals surface area contributed by atoms with Gasteiger partial charge in [0, 0.05) is 39.6 Å². The molecule has 0 radical (unpaired) electrons. The minimum absolute atomic E-state index is 0.163. The molecule has 0 rings (SSSR count). The molecule has 1 unspecified atom stereocenters. The van der Waals surface area contributed by atoms with Crippen molar-refractivity contribution in [1.82, 2.24) is 9.80 Å². The summed E-state index contributed by atoms with van der Waals surface area (Å²) < 4.78 is 0. The van der Waals surface area contributed by atoms with Crippen LogP contribution in [0.1, 0.15) is 13.3 Å². The molecule has 1 atom stereocenters. The van der Waals surface area contributed by atoms with Gasteiger partial charge in [0.25, 0.3) is 0 Å². The van der Waals surface area contributed by atoms with E-state index in [9.17, 15) is 4.79 Å². The molecule has 0 saturated heterocycles. The summed E-state index contributed by atoms with van der Waals surface area (Å²) in [5, 5.41) is 0. The van der Waals surface area contributed by atoms with Crippen molar-refractivity contribution in [2.45, 2.75) is 19.4 Å². The van der Waals surface area contributed by atoms with E-state index in [0.29, 0.717) is 19.0 Å². The van der Waals surface area contributed by atoms with Crippen molar-refractivity contribution in [2.24, 2.45) is 5.73 Å². The van der Waals surface area contributed by atoms with Gasteiger partial charge < -0.3 is 15.5 Å². The molecule has 13 heavy (non-hydrogen) atoms. The van der Waals surface area contributed by atoms with Crippen LogP contribution in [0, 0.1) is 0 Å². The van der Waals surface area contributed by atoms with Gasteiger partial charge in [0.15, 0.2) is 0 Å². The van der Waals surface area contributed by atoms with Crippen LogP contribution in [-0.2, 0) is 4.79 Å². The number of carbonyl (C=O) groups excluding carboxylic acids is 1. The molecule has 78 valence electrons. The number of nitrogens with two attached hydrogens (primary N) is 1. The Bertz CT molecular complexity index is 159. The van der Waals surface area contributed by atoms with Crippen LogP contribution in [0.2, 0.25) is 0 Å². The summed E-state index contributed by atoms with van der Waals surface area (Å²) in [7, 11) is 5.53. The van der Waals surface area contributed by atoms with E-state index in [2.05, 4.69) is 11.8 Å². The highest BCUT2D eigenvalue weighted by Gasteiger charge is 2.09. The SMILES string of the molecule is CC(CN)N(C)CCC(=O)N(C)C. The lowest BCUT2D eigenvalue weighted by molar-refractivity contribution is -0.129. The number of rotatable bonds is 5. The Hall–Kier alpha value is -0.610. The maximum Gasteiger partial charge on any atom is 0.223 e. The van der Waals surface area contributed by atoms with Crippen LogP contribution in [0.15, 0.2) is 0 Å². The van der Waals surface area contributed by atoms with Crippen molar-refractivity contribution < 1.29 is 4.79 Å². The van der Waals surface area contributed by atoms with Crippen LogP contribution in [-0.4, -0.2) is 56.0 Å². The van der Waals surface area contributed by atoms with Crippen molar-refractivity contribution in [3.63, 3.8) is 0 Å². The lowest BCUT2D eigenvalue weighted by Gasteiger charge is -2.23. The first-order chi connectivity index (χ1) is 5.99. The molecule has 0 bridgehead atoms. The largest absolute Gasteiger partial charge is 0.349 e. The molecule has 0 spiro atoms. The Balaban J connectivity index is 3.69. The highest BCUT2D eigenvalue weighted by molar-refractivity contribution is 5.75. The zero-order chi connectivity index (χ0) is 10.4. The van der Waals surface area contributed by atoms with Crippen LogP contribution in [0.25, 0.3) is 0 Å². The maximum absolute atomic E-state index is 11.2. The summed E-state index contributed by atoms with van der Waals surface area (Å²) in [4.78, 5) is 14.9. The third-order valence-corrected chi connectivity index (χ3v) is 2.27. The Morgan fingerprint density at radius 1 is 1.38 bits per heavy atom. The second kappa shape index (κ2) is 5.94. The van der Waals surface area contributed by atoms with Crippen LogP contribution in [0.4, 0.5) is 0 Å². The number of amides is 1. The topological polar surface area (TPSA) is 49.6 Å². The van der Waals surface area contributed by atoms with Crippen molar-refractivity contribution in [3.8, 4) is 0 Å². The van der Waals surface area contributed by atoms with E-state index in [0.717, 1.165) is 6.54 Å². The van der Waals surface area contributed by atoms with Gasteiger partial charge in [0.2, 0.25) is 5.91 Å². The number of carbonyl (C=O) groups is 1. The fraction of sp³-hybridized carbons (Fsp3) is 0.889. The molecule has 0 aromatic carbocycles. The number of hydrogen-bond acceptors (Lipinski definition) is 3. The van der Waals surface area contributed by atoms with Crippen LogP contribution in [0.3, 0.4) is 0 Å². The fourth-order valence-corrected chi connectivity index (χ4v) is 0.896. The quantitative estimate of drug-likeness (QED) is 0.645. The van der Waals surface area contributed by atoms with Gasteiger partial charge in [-0.2, -0.15) is 0 Å². The summed E-state index contributed by atoms with van der Waals surface area (Å²) in [6.07, 6.45) is 0.563. The van der Waals surface area contributed by atoms with E-state index in [-0.39, 0.29) is 5.91 Å². The number of likely N-dealkylation sites (N-methyl/N-ethyl adjacent to an activating group) is 1. The highest BCUT2D eigenvalue weighted by atomic mass is 16.2. The number of hydrogen-bond donors (Lipinski definition) is 1. The molecule has 0 heterocycles. The monoisotopic (exact) mass is 187 g/mol. The maximum atomic E-state index is 11.2. The van der Waals surface area contributed by atoms with Gasteiger partial charge in [-0.3, -0.25) is 4.79 Å². The summed E-state index contributed by atoms with van der Waals surface area (Å²) in [6, 6.07) is 0.343. The normalized spacial score (nSPS) is 13.1. The second-order valence-electron chi connectivity index (χ2n) is 3.60. The highest BCUT2D eigenvalue weighted by Crippen LogP contribution is 1.96. The minimum atomic E-state index is 0.163. The Morgan fingerprint density at radius 2 is 1.92 bits per heavy atom. The lowest BCUT2D eigenvalue weighted by atomic mass is 10.2. The van der Waals surface area contributed by atoms with Gasteiger partial charge in [-0.05, 0) is 14.0 Å². The molecule has 4 nitrogen and oxygen atoms in total. The molecule has 0 aromatic heterocycles. The van der Waals surface area contributed by atoms with E-state index in [4.69, 9.17) is 5.73 Å². The first-order valence-electron chi connectivity index (χ1n) is 4.59. The third kappa shape index (κ3) is 4.85. The summed E-state index contributed by atoms with van der Waals surface area (Å²) in [6.45, 7) is 3.46. The number of nitrogens with zero attached hydrogens (tertiary/aromatic N) is 2. The fourth-order valence-electron chi connectivity index (χ4n) is 0.896. The summed E-state index contributed by atoms with van der Waals surface area (Å²) in [5.41, 5.74) is 5.50. The molecule has 1 amide bonds. The molecule has 0 fully saturated rings. The standard InChI is InChI=1S/C9H21N3O/c1-8(7-10)12(4)6-5-9(13)11(2)3/h8H,5-7,10H2,1-4H3. The molecule has 4 heteroatoms. The Labute approximate surface area is 80.7 Å². The van der Waals surface area contributed by atoms with E-state index >= 15 is 0 Å². The summed E-state index contributed by atoms with van der Waals surface area (Å²) >= 11 is 0. The van der Waals surface area contributed by atoms with E-state index in [1.807, 2.05) is 7.05 Å². The average Bonchev–Trinajstić information content (AvgIpc) is 2.11. The van der Waals surface area contributed by atoms with E-state index in [1.54, 1.807) is 19.0 Å². The van der Waals surface area contributed by atoms with Gasteiger partial charge in [0.1, 0.15) is 0 Å². The minimum Gasteiger partial charge on any atom is -0.349 e. The van der Waals surface area contributed by atoms with Gasteiger partial charge in [-0.25, -0.2) is 0 Å². The van der Waals surface area contributed by atoms with Crippen molar-refractivity contribution in [2.75, 3.05) is 34.2 Å². The first-order valence-corrected chi connectivity index (χ1v) is 4.59. The zero-order valence-electron chi connectivity index (χ0n) is 9.08. The molecule has 0 aliphatic carbocycles. The molecule has 0 aliphatic rings. The van der Waals surface area contributed by atoms with Crippen molar-refractivity contribution >= 4 is 5.91 Å². The van der Waals surface area contributed by atoms with Gasteiger partial charge in [0.05, 0.1) is 0 Å². The van der Waals surface area contributed by atoms with E-state index in [1.165, 1.54) is 0 Å². The molecule has 0 aliphatic heterocycles. The third-order valence-electron chi connectivity index (χ3n) is 2.27. The van der Waals surface area contributed by atoms with Gasteiger partial charge in [-0.1, -0.05) is 0 Å². The molecular formula is C9H21N3O. The second-order valence-corrected chi connectivity index (χ2v) is 3.60. The van der Waals surface area contributed by atoms with Gasteiger partial charge in [-0.15, -0.1) is 0 Å². The molecule has 0 saturated carbocycles. The molecular weight excluding hydrogens is 166 g/mol. The molecule has 2 N–H and O–H groups in total. The predicted octanol–water partition coefficient (Wildman–Crippen LogP) is -0.256. The first kappa shape index (κ1) is 12.4. The van der Waals surface area contributed by atoms with E-state index < -0.39 is 0 Å². The lowest BCUT2D eigenvalue weighted by Crippen LogP contribution is -2.37. The molecule has 0 aromatic rings. The predicted molar refractivity (Wildman–Crippen MR) is 54.5 cm³/mol.